The molecule has 0 saturated heterocycles. The zero-order valence-corrected chi connectivity index (χ0v) is 14.0. The highest BCUT2D eigenvalue weighted by Crippen LogP contribution is 2.49. The van der Waals surface area contributed by atoms with E-state index in [4.69, 9.17) is 4.84 Å². The van der Waals surface area contributed by atoms with Gasteiger partial charge < -0.3 is 4.84 Å². The summed E-state index contributed by atoms with van der Waals surface area (Å²) in [5.41, 5.74) is 3.58. The Morgan fingerprint density at radius 3 is 2.75 bits per heavy atom. The summed E-state index contributed by atoms with van der Waals surface area (Å²) >= 11 is 0. The summed E-state index contributed by atoms with van der Waals surface area (Å²) in [5, 5.41) is 7.71. The highest BCUT2D eigenvalue weighted by molar-refractivity contribution is 5.92. The molecule has 1 fully saturated rings. The van der Waals surface area contributed by atoms with Crippen LogP contribution in [0.3, 0.4) is 0 Å². The predicted molar refractivity (Wildman–Crippen MR) is 92.1 cm³/mol. The fourth-order valence-electron chi connectivity index (χ4n) is 3.01. The van der Waals surface area contributed by atoms with E-state index in [9.17, 15) is 4.39 Å². The van der Waals surface area contributed by atoms with Crippen LogP contribution in [0, 0.1) is 6.92 Å². The van der Waals surface area contributed by atoms with E-state index in [1.807, 2.05) is 6.07 Å². The van der Waals surface area contributed by atoms with E-state index in [-0.39, 0.29) is 11.3 Å². The number of halogens is 1. The average molecular weight is 328 g/mol. The van der Waals surface area contributed by atoms with Crippen LogP contribution in [0.4, 0.5) is 4.39 Å². The van der Waals surface area contributed by atoms with Crippen molar-refractivity contribution in [1.29, 1.82) is 0 Å². The Morgan fingerprint density at radius 1 is 1.42 bits per heavy atom. The normalized spacial score (nSPS) is 16.0. The fraction of sp³-hybridized carbons (Fsp3) is 0.389. The molecule has 3 rings (SSSR count). The van der Waals surface area contributed by atoms with Crippen molar-refractivity contribution in [2.24, 2.45) is 17.2 Å². The third-order valence-corrected chi connectivity index (χ3v) is 4.58. The van der Waals surface area contributed by atoms with Gasteiger partial charge in [-0.05, 0) is 37.0 Å². The summed E-state index contributed by atoms with van der Waals surface area (Å²) in [5.74, 6) is 0.278. The molecule has 6 heteroatoms. The second-order valence-corrected chi connectivity index (χ2v) is 6.22. The molecule has 126 valence electrons. The van der Waals surface area contributed by atoms with Gasteiger partial charge >= 0.3 is 0 Å². The maximum Gasteiger partial charge on any atom is 0.271 e. The van der Waals surface area contributed by atoms with Gasteiger partial charge in [0.15, 0.2) is 5.69 Å². The first-order valence-electron chi connectivity index (χ1n) is 7.92. The Hall–Kier alpha value is -2.50. The van der Waals surface area contributed by atoms with Crippen LogP contribution in [0.5, 0.6) is 0 Å². The first kappa shape index (κ1) is 16.4. The summed E-state index contributed by atoms with van der Waals surface area (Å²) in [7, 11) is 1.69. The van der Waals surface area contributed by atoms with Crippen molar-refractivity contribution in [2.45, 2.75) is 31.9 Å². The van der Waals surface area contributed by atoms with Crippen LogP contribution in [0.2, 0.25) is 0 Å². The molecule has 0 aliphatic heterocycles. The molecule has 0 spiro atoms. The van der Waals surface area contributed by atoms with Crippen molar-refractivity contribution >= 4 is 12.6 Å². The Morgan fingerprint density at radius 2 is 2.17 bits per heavy atom. The van der Waals surface area contributed by atoms with E-state index >= 15 is 0 Å². The van der Waals surface area contributed by atoms with Crippen LogP contribution < -0.4 is 0 Å². The molecule has 0 bridgehead atoms. The predicted octanol–water partition coefficient (Wildman–Crippen LogP) is 3.31. The Bertz CT molecular complexity index is 777. The Labute approximate surface area is 140 Å². The lowest BCUT2D eigenvalue weighted by Gasteiger charge is -2.16. The Balaban J connectivity index is 1.87. The van der Waals surface area contributed by atoms with Gasteiger partial charge in [-0.25, -0.2) is 9.38 Å². The molecule has 2 aromatic rings. The molecule has 1 aliphatic carbocycles. The molecule has 1 aliphatic rings. The number of benzene rings is 1. The third kappa shape index (κ3) is 3.09. The van der Waals surface area contributed by atoms with Gasteiger partial charge in [-0.15, -0.1) is 0 Å². The maximum atomic E-state index is 12.9. The molecule has 0 radical (unpaired) electrons. The van der Waals surface area contributed by atoms with Gasteiger partial charge in [-0.3, -0.25) is 4.68 Å². The highest BCUT2D eigenvalue weighted by Gasteiger charge is 2.45. The van der Waals surface area contributed by atoms with Crippen LogP contribution in [0.25, 0.3) is 0 Å². The number of hydrogen-bond donors (Lipinski definition) is 0. The van der Waals surface area contributed by atoms with E-state index in [0.717, 1.165) is 12.8 Å². The van der Waals surface area contributed by atoms with Gasteiger partial charge in [-0.2, -0.15) is 5.10 Å². The molecule has 24 heavy (non-hydrogen) atoms. The van der Waals surface area contributed by atoms with Crippen LogP contribution in [-0.4, -0.2) is 28.9 Å². The second kappa shape index (κ2) is 6.55. The zero-order valence-electron chi connectivity index (χ0n) is 14.0. The average Bonchev–Trinajstić information content (AvgIpc) is 3.27. The molecule has 1 saturated carbocycles. The summed E-state index contributed by atoms with van der Waals surface area (Å²) in [6.45, 7) is 5.46. The van der Waals surface area contributed by atoms with Crippen molar-refractivity contribution < 1.29 is 9.23 Å². The van der Waals surface area contributed by atoms with Crippen LogP contribution in [0.1, 0.15) is 35.4 Å². The molecular formula is C18H21FN4O. The molecule has 1 heterocycles. The minimum Gasteiger partial charge on any atom is -0.335 e. The van der Waals surface area contributed by atoms with E-state index < -0.39 is 6.67 Å². The van der Waals surface area contributed by atoms with Crippen molar-refractivity contribution in [3.05, 3.63) is 52.8 Å². The third-order valence-electron chi connectivity index (χ3n) is 4.58. The number of aliphatic imine (C=N–C) groups is 1. The molecule has 1 aromatic heterocycles. The molecule has 1 aromatic carbocycles. The van der Waals surface area contributed by atoms with Gasteiger partial charge in [0.25, 0.3) is 5.90 Å². The van der Waals surface area contributed by atoms with Crippen LogP contribution >= 0.6 is 0 Å². The van der Waals surface area contributed by atoms with E-state index in [2.05, 4.69) is 47.1 Å². The molecule has 0 unspecified atom stereocenters. The first-order chi connectivity index (χ1) is 11.6. The van der Waals surface area contributed by atoms with Crippen LogP contribution in [-0.2, 0) is 24.0 Å². The monoisotopic (exact) mass is 328 g/mol. The van der Waals surface area contributed by atoms with Gasteiger partial charge in [-0.1, -0.05) is 29.4 Å². The second-order valence-electron chi connectivity index (χ2n) is 6.22. The van der Waals surface area contributed by atoms with Crippen molar-refractivity contribution in [3.63, 3.8) is 0 Å². The van der Waals surface area contributed by atoms with Gasteiger partial charge in [0, 0.05) is 19.2 Å². The summed E-state index contributed by atoms with van der Waals surface area (Å²) in [6, 6.07) is 10.00. The lowest BCUT2D eigenvalue weighted by Crippen LogP contribution is -2.15. The standard InChI is InChI=1S/C18H21FN4O/c1-13-6-4-5-7-15(13)18(8-9-18)12-21-17(24-20-2)16-10-14(11-19)23(3)22-16/h4-7,10H,2,8-9,11-12H2,1,3H3. The number of alkyl halides is 1. The SMILES string of the molecule is C=NOC(=NCC1(c2ccccc2C)CC1)c1cc(CF)n(C)n1. The number of nitrogens with zero attached hydrogens (tertiary/aromatic N) is 4. The van der Waals surface area contributed by atoms with Crippen LogP contribution in [0.15, 0.2) is 40.5 Å². The van der Waals surface area contributed by atoms with Crippen molar-refractivity contribution in [1.82, 2.24) is 9.78 Å². The number of aromatic nitrogens is 2. The highest BCUT2D eigenvalue weighted by atomic mass is 19.1. The fourth-order valence-corrected chi connectivity index (χ4v) is 3.01. The quantitative estimate of drug-likeness (QED) is 0.464. The van der Waals surface area contributed by atoms with Gasteiger partial charge in [0.05, 0.1) is 12.2 Å². The zero-order chi connectivity index (χ0) is 17.2. The minimum absolute atomic E-state index is 0.0544. The smallest absolute Gasteiger partial charge is 0.271 e. The van der Waals surface area contributed by atoms with Gasteiger partial charge in [0.2, 0.25) is 0 Å². The molecule has 0 atom stereocenters. The number of rotatable bonds is 6. The Kier molecular flexibility index (Phi) is 4.46. The summed E-state index contributed by atoms with van der Waals surface area (Å²) < 4.78 is 14.4. The maximum absolute atomic E-state index is 12.9. The molecule has 0 N–H and O–H groups in total. The number of aryl methyl sites for hydroxylation is 2. The molecular weight excluding hydrogens is 307 g/mol. The van der Waals surface area contributed by atoms with E-state index in [0.29, 0.717) is 17.9 Å². The summed E-state index contributed by atoms with van der Waals surface area (Å²) in [6.07, 6.45) is 2.18. The van der Waals surface area contributed by atoms with E-state index in [1.54, 1.807) is 13.1 Å². The first-order valence-corrected chi connectivity index (χ1v) is 7.92. The number of oxime groups is 1. The summed E-state index contributed by atoms with van der Waals surface area (Å²) in [4.78, 5) is 9.78. The van der Waals surface area contributed by atoms with Crippen molar-refractivity contribution in [3.8, 4) is 0 Å². The number of hydrogen-bond acceptors (Lipinski definition) is 4. The topological polar surface area (TPSA) is 51.8 Å². The largest absolute Gasteiger partial charge is 0.335 e. The lowest BCUT2D eigenvalue weighted by molar-refractivity contribution is 0.329. The molecule has 5 nitrogen and oxygen atoms in total. The lowest BCUT2D eigenvalue weighted by atomic mass is 9.92. The van der Waals surface area contributed by atoms with Crippen molar-refractivity contribution in [2.75, 3.05) is 6.54 Å². The minimum atomic E-state index is -0.592. The molecule has 0 amide bonds. The van der Waals surface area contributed by atoms with E-state index in [1.165, 1.54) is 15.8 Å². The van der Waals surface area contributed by atoms with Gasteiger partial charge in [0.1, 0.15) is 6.67 Å².